The van der Waals surface area contributed by atoms with Crippen LogP contribution in [0.25, 0.3) is 10.6 Å². The molecule has 1 aromatic carbocycles. The molecule has 0 bridgehead atoms. The zero-order valence-corrected chi connectivity index (χ0v) is 16.7. The normalized spacial score (nSPS) is 12.0. The summed E-state index contributed by atoms with van der Waals surface area (Å²) >= 11 is 15.0. The van der Waals surface area contributed by atoms with Crippen molar-refractivity contribution in [2.75, 3.05) is 12.0 Å². The van der Waals surface area contributed by atoms with Crippen molar-refractivity contribution < 1.29 is 14.7 Å². The van der Waals surface area contributed by atoms with E-state index in [1.54, 1.807) is 25.1 Å². The summed E-state index contributed by atoms with van der Waals surface area (Å²) in [5, 5.41) is 13.2. The topological polar surface area (TPSA) is 79.3 Å². The maximum absolute atomic E-state index is 12.5. The van der Waals surface area contributed by atoms with Crippen LogP contribution in [0.1, 0.15) is 21.8 Å². The number of carboxylic acids is 1. The largest absolute Gasteiger partial charge is 0.480 e. The molecule has 5 nitrogen and oxygen atoms in total. The van der Waals surface area contributed by atoms with E-state index in [0.29, 0.717) is 43.4 Å². The minimum atomic E-state index is -1.06. The van der Waals surface area contributed by atoms with Crippen LogP contribution in [-0.4, -0.2) is 40.0 Å². The monoisotopic (exact) mass is 418 g/mol. The quantitative estimate of drug-likeness (QED) is 0.697. The average molecular weight is 419 g/mol. The summed E-state index contributed by atoms with van der Waals surface area (Å²) < 4.78 is 0. The van der Waals surface area contributed by atoms with Crippen LogP contribution < -0.4 is 5.32 Å². The fourth-order valence-corrected chi connectivity index (χ4v) is 4.34. The number of halogens is 2. The van der Waals surface area contributed by atoms with E-state index in [-0.39, 0.29) is 0 Å². The highest BCUT2D eigenvalue weighted by Gasteiger charge is 2.24. The summed E-state index contributed by atoms with van der Waals surface area (Å²) in [6, 6.07) is 4.18. The van der Waals surface area contributed by atoms with Crippen LogP contribution in [0.15, 0.2) is 18.2 Å². The minimum absolute atomic E-state index is 0.349. The molecule has 134 valence electrons. The summed E-state index contributed by atoms with van der Waals surface area (Å²) in [5.41, 5.74) is 1.07. The molecule has 1 heterocycles. The van der Waals surface area contributed by atoms with Crippen LogP contribution in [0.2, 0.25) is 10.0 Å². The molecule has 0 radical (unpaired) electrons. The average Bonchev–Trinajstić information content (AvgIpc) is 2.92. The van der Waals surface area contributed by atoms with Crippen LogP contribution in [0.5, 0.6) is 0 Å². The SMILES string of the molecule is CSCC[C@H](NC(=O)c1sc(-c2c(Cl)cccc2Cl)nc1C)C(=O)O. The van der Waals surface area contributed by atoms with Gasteiger partial charge in [-0.1, -0.05) is 29.3 Å². The van der Waals surface area contributed by atoms with Crippen LogP contribution in [-0.2, 0) is 4.79 Å². The lowest BCUT2D eigenvalue weighted by atomic mass is 10.2. The molecule has 0 spiro atoms. The third kappa shape index (κ3) is 4.88. The Labute approximate surface area is 163 Å². The molecule has 1 amide bonds. The van der Waals surface area contributed by atoms with Gasteiger partial charge in [0.15, 0.2) is 0 Å². The van der Waals surface area contributed by atoms with Gasteiger partial charge in [-0.05, 0) is 37.5 Å². The van der Waals surface area contributed by atoms with Crippen LogP contribution in [0.4, 0.5) is 0 Å². The number of hydrogen-bond acceptors (Lipinski definition) is 5. The molecule has 0 saturated carbocycles. The number of carbonyl (C=O) groups excluding carboxylic acids is 1. The fourth-order valence-electron chi connectivity index (χ4n) is 2.13. The number of nitrogens with one attached hydrogen (secondary N) is 1. The van der Waals surface area contributed by atoms with Crippen molar-refractivity contribution in [2.24, 2.45) is 0 Å². The van der Waals surface area contributed by atoms with Crippen LogP contribution in [0, 0.1) is 6.92 Å². The molecular formula is C16H16Cl2N2O3S2. The summed E-state index contributed by atoms with van der Waals surface area (Å²) in [7, 11) is 0. The van der Waals surface area contributed by atoms with E-state index in [1.807, 2.05) is 6.26 Å². The third-order valence-corrected chi connectivity index (χ3v) is 5.84. The molecule has 2 aromatic rings. The van der Waals surface area contributed by atoms with Gasteiger partial charge in [-0.15, -0.1) is 11.3 Å². The second-order valence-electron chi connectivity index (χ2n) is 5.18. The van der Waals surface area contributed by atoms with Crippen LogP contribution >= 0.6 is 46.3 Å². The molecule has 0 fully saturated rings. The van der Waals surface area contributed by atoms with E-state index in [1.165, 1.54) is 11.8 Å². The van der Waals surface area contributed by atoms with Crippen molar-refractivity contribution in [2.45, 2.75) is 19.4 Å². The van der Waals surface area contributed by atoms with Crippen molar-refractivity contribution in [1.82, 2.24) is 10.3 Å². The number of thiazole rings is 1. The second-order valence-corrected chi connectivity index (χ2v) is 7.98. The Bertz CT molecular complexity index is 775. The molecule has 0 aliphatic carbocycles. The number of hydrogen-bond donors (Lipinski definition) is 2. The van der Waals surface area contributed by atoms with Gasteiger partial charge in [0.1, 0.15) is 15.9 Å². The lowest BCUT2D eigenvalue weighted by Crippen LogP contribution is -2.41. The Morgan fingerprint density at radius 2 is 2.00 bits per heavy atom. The molecule has 25 heavy (non-hydrogen) atoms. The number of aliphatic carboxylic acids is 1. The molecular weight excluding hydrogens is 403 g/mol. The van der Waals surface area contributed by atoms with Crippen molar-refractivity contribution in [3.8, 4) is 10.6 Å². The van der Waals surface area contributed by atoms with Gasteiger partial charge in [0.05, 0.1) is 15.7 Å². The number of thioether (sulfide) groups is 1. The Morgan fingerprint density at radius 3 is 2.56 bits per heavy atom. The van der Waals surface area contributed by atoms with E-state index in [0.717, 1.165) is 11.3 Å². The first-order valence-electron chi connectivity index (χ1n) is 7.29. The lowest BCUT2D eigenvalue weighted by Gasteiger charge is -2.13. The predicted molar refractivity (Wildman–Crippen MR) is 104 cm³/mol. The maximum Gasteiger partial charge on any atom is 0.326 e. The highest BCUT2D eigenvalue weighted by atomic mass is 35.5. The van der Waals surface area contributed by atoms with E-state index in [2.05, 4.69) is 10.3 Å². The molecule has 0 unspecified atom stereocenters. The Hall–Kier alpha value is -1.28. The van der Waals surface area contributed by atoms with Crippen molar-refractivity contribution in [1.29, 1.82) is 0 Å². The van der Waals surface area contributed by atoms with Crippen LogP contribution in [0.3, 0.4) is 0 Å². The zero-order valence-electron chi connectivity index (χ0n) is 13.5. The highest BCUT2D eigenvalue weighted by molar-refractivity contribution is 7.98. The molecule has 0 saturated heterocycles. The van der Waals surface area contributed by atoms with Crippen molar-refractivity contribution in [3.05, 3.63) is 38.8 Å². The smallest absolute Gasteiger partial charge is 0.326 e. The number of amides is 1. The molecule has 2 rings (SSSR count). The summed E-state index contributed by atoms with van der Waals surface area (Å²) in [6.07, 6.45) is 2.23. The number of carboxylic acid groups (broad SMARTS) is 1. The fraction of sp³-hybridized carbons (Fsp3) is 0.312. The van der Waals surface area contributed by atoms with Gasteiger partial charge in [0, 0.05) is 5.56 Å². The Balaban J connectivity index is 2.27. The summed E-state index contributed by atoms with van der Waals surface area (Å²) in [4.78, 5) is 28.5. The third-order valence-electron chi connectivity index (χ3n) is 3.39. The Morgan fingerprint density at radius 1 is 1.36 bits per heavy atom. The van der Waals surface area contributed by atoms with Gasteiger partial charge in [0.2, 0.25) is 0 Å². The number of carbonyl (C=O) groups is 2. The van der Waals surface area contributed by atoms with Gasteiger partial charge in [-0.3, -0.25) is 4.79 Å². The molecule has 2 N–H and O–H groups in total. The maximum atomic E-state index is 12.5. The van der Waals surface area contributed by atoms with Gasteiger partial charge in [-0.2, -0.15) is 11.8 Å². The van der Waals surface area contributed by atoms with Gasteiger partial charge < -0.3 is 10.4 Å². The second kappa shape index (κ2) is 8.89. The standard InChI is InChI=1S/C16H16Cl2N2O3S2/c1-8-13(14(21)20-11(16(22)23)6-7-24-2)25-15(19-8)12-9(17)4-3-5-10(12)18/h3-5,11H,6-7H2,1-2H3,(H,20,21)(H,22,23)/t11-/m0/s1. The van der Waals surface area contributed by atoms with Gasteiger partial charge >= 0.3 is 5.97 Å². The summed E-state index contributed by atoms with van der Waals surface area (Å²) in [6.45, 7) is 1.69. The van der Waals surface area contributed by atoms with Gasteiger partial charge in [-0.25, -0.2) is 9.78 Å². The number of nitrogens with zero attached hydrogens (tertiary/aromatic N) is 1. The highest BCUT2D eigenvalue weighted by Crippen LogP contribution is 2.37. The van der Waals surface area contributed by atoms with Crippen molar-refractivity contribution in [3.63, 3.8) is 0 Å². The molecule has 1 aromatic heterocycles. The van der Waals surface area contributed by atoms with Gasteiger partial charge in [0.25, 0.3) is 5.91 Å². The first kappa shape index (κ1) is 20.0. The summed E-state index contributed by atoms with van der Waals surface area (Å²) in [5.74, 6) is -0.878. The number of benzene rings is 1. The molecule has 0 aliphatic rings. The Kier molecular flexibility index (Phi) is 7.13. The van der Waals surface area contributed by atoms with E-state index in [9.17, 15) is 14.7 Å². The van der Waals surface area contributed by atoms with E-state index >= 15 is 0 Å². The first-order valence-corrected chi connectivity index (χ1v) is 10.3. The predicted octanol–water partition coefficient (Wildman–Crippen LogP) is 4.36. The first-order chi connectivity index (χ1) is 11.8. The number of rotatable bonds is 7. The van der Waals surface area contributed by atoms with Crippen molar-refractivity contribution >= 4 is 58.2 Å². The lowest BCUT2D eigenvalue weighted by molar-refractivity contribution is -0.139. The van der Waals surface area contributed by atoms with E-state index in [4.69, 9.17) is 23.2 Å². The molecule has 1 atom stereocenters. The molecule has 9 heteroatoms. The molecule has 0 aliphatic heterocycles. The number of aromatic nitrogens is 1. The minimum Gasteiger partial charge on any atom is -0.480 e. The van der Waals surface area contributed by atoms with E-state index < -0.39 is 17.9 Å². The zero-order chi connectivity index (χ0) is 18.6. The number of aryl methyl sites for hydroxylation is 1.